The van der Waals surface area contributed by atoms with Crippen LogP contribution in [0.15, 0.2) is 30.5 Å². The van der Waals surface area contributed by atoms with E-state index in [4.69, 9.17) is 16.3 Å². The van der Waals surface area contributed by atoms with E-state index in [0.29, 0.717) is 18.2 Å². The second-order valence-corrected chi connectivity index (χ2v) is 3.90. The van der Waals surface area contributed by atoms with Crippen LogP contribution in [0.1, 0.15) is 17.4 Å². The molecule has 98 valence electrons. The Morgan fingerprint density at radius 3 is 2.74 bits per heavy atom. The minimum absolute atomic E-state index is 0.179. The lowest BCUT2D eigenvalue weighted by Crippen LogP contribution is -2.14. The van der Waals surface area contributed by atoms with Crippen LogP contribution < -0.4 is 10.1 Å². The van der Waals surface area contributed by atoms with E-state index in [1.165, 1.54) is 18.3 Å². The van der Waals surface area contributed by atoms with Crippen LogP contribution in [0.2, 0.25) is 5.15 Å². The highest BCUT2D eigenvalue weighted by Gasteiger charge is 2.08. The number of amides is 1. The first-order chi connectivity index (χ1) is 9.19. The van der Waals surface area contributed by atoms with Crippen molar-refractivity contribution < 1.29 is 9.53 Å². The van der Waals surface area contributed by atoms with E-state index in [1.54, 1.807) is 12.1 Å². The molecule has 0 radical (unpaired) electrons. The molecular formula is C12H11ClN4O2. The van der Waals surface area contributed by atoms with Crippen LogP contribution in [0.3, 0.4) is 0 Å². The third kappa shape index (κ3) is 3.62. The van der Waals surface area contributed by atoms with Gasteiger partial charge in [0.25, 0.3) is 5.91 Å². The van der Waals surface area contributed by atoms with Crippen LogP contribution >= 0.6 is 11.6 Å². The second-order valence-electron chi connectivity index (χ2n) is 3.51. The number of hydrogen-bond donors (Lipinski definition) is 1. The summed E-state index contributed by atoms with van der Waals surface area (Å²) in [6.07, 6.45) is 1.51. The highest BCUT2D eigenvalue weighted by Crippen LogP contribution is 2.12. The van der Waals surface area contributed by atoms with Gasteiger partial charge in [0.1, 0.15) is 0 Å². The predicted octanol–water partition coefficient (Wildman–Crippen LogP) is 2.18. The molecule has 1 N–H and O–H groups in total. The number of carbonyl (C=O) groups is 1. The van der Waals surface area contributed by atoms with Gasteiger partial charge in [-0.25, -0.2) is 4.98 Å². The number of hydrogen-bond acceptors (Lipinski definition) is 5. The number of nitrogens with zero attached hydrogens (tertiary/aromatic N) is 3. The molecule has 0 fully saturated rings. The molecule has 0 spiro atoms. The van der Waals surface area contributed by atoms with Crippen molar-refractivity contribution in [2.45, 2.75) is 6.92 Å². The molecule has 0 bridgehead atoms. The van der Waals surface area contributed by atoms with Crippen molar-refractivity contribution in [3.8, 4) is 5.88 Å². The average molecular weight is 279 g/mol. The smallest absolute Gasteiger partial charge is 0.276 e. The van der Waals surface area contributed by atoms with Crippen molar-refractivity contribution in [1.82, 2.24) is 15.2 Å². The van der Waals surface area contributed by atoms with Gasteiger partial charge in [0, 0.05) is 6.07 Å². The number of halogens is 1. The molecule has 0 saturated heterocycles. The Hall–Kier alpha value is -2.21. The zero-order valence-electron chi connectivity index (χ0n) is 10.1. The van der Waals surface area contributed by atoms with Crippen molar-refractivity contribution in [3.63, 3.8) is 0 Å². The molecule has 1 amide bonds. The van der Waals surface area contributed by atoms with Gasteiger partial charge in [-0.1, -0.05) is 11.6 Å². The normalized spacial score (nSPS) is 10.0. The molecule has 6 nitrogen and oxygen atoms in total. The minimum Gasteiger partial charge on any atom is -0.478 e. The summed E-state index contributed by atoms with van der Waals surface area (Å²) in [5.41, 5.74) is 0.725. The summed E-state index contributed by atoms with van der Waals surface area (Å²) < 4.78 is 5.20. The van der Waals surface area contributed by atoms with Crippen LogP contribution in [0.5, 0.6) is 5.88 Å². The number of ether oxygens (including phenoxy) is 1. The van der Waals surface area contributed by atoms with Gasteiger partial charge in [0.05, 0.1) is 18.5 Å². The third-order valence-corrected chi connectivity index (χ3v) is 2.35. The summed E-state index contributed by atoms with van der Waals surface area (Å²) >= 11 is 5.59. The average Bonchev–Trinajstić information content (AvgIpc) is 2.42. The third-order valence-electron chi connectivity index (χ3n) is 2.15. The first-order valence-electron chi connectivity index (χ1n) is 5.58. The van der Waals surface area contributed by atoms with Crippen molar-refractivity contribution in [2.75, 3.05) is 11.9 Å². The van der Waals surface area contributed by atoms with E-state index >= 15 is 0 Å². The molecule has 0 atom stereocenters. The van der Waals surface area contributed by atoms with Crippen molar-refractivity contribution >= 4 is 23.2 Å². The lowest BCUT2D eigenvalue weighted by atomic mass is 10.3. The maximum Gasteiger partial charge on any atom is 0.276 e. The van der Waals surface area contributed by atoms with E-state index in [2.05, 4.69) is 20.5 Å². The lowest BCUT2D eigenvalue weighted by molar-refractivity contribution is 0.102. The maximum absolute atomic E-state index is 11.8. The maximum atomic E-state index is 11.8. The predicted molar refractivity (Wildman–Crippen MR) is 70.4 cm³/mol. The van der Waals surface area contributed by atoms with Crippen molar-refractivity contribution in [3.05, 3.63) is 41.3 Å². The molecule has 2 rings (SSSR count). The van der Waals surface area contributed by atoms with Gasteiger partial charge in [0.15, 0.2) is 10.8 Å². The van der Waals surface area contributed by atoms with Crippen LogP contribution in [0, 0.1) is 0 Å². The fourth-order valence-electron chi connectivity index (χ4n) is 1.32. The Bertz CT molecular complexity index is 557. The summed E-state index contributed by atoms with van der Waals surface area (Å²) in [6, 6.07) is 6.36. The first-order valence-corrected chi connectivity index (χ1v) is 5.96. The van der Waals surface area contributed by atoms with E-state index in [9.17, 15) is 4.79 Å². The number of aromatic nitrogens is 3. The summed E-state index contributed by atoms with van der Waals surface area (Å²) in [6.45, 7) is 2.41. The van der Waals surface area contributed by atoms with Gasteiger partial charge in [-0.05, 0) is 25.1 Å². The van der Waals surface area contributed by atoms with Gasteiger partial charge >= 0.3 is 0 Å². The summed E-state index contributed by atoms with van der Waals surface area (Å²) in [7, 11) is 0. The van der Waals surface area contributed by atoms with Crippen LogP contribution in [0.4, 0.5) is 5.69 Å². The molecule has 0 aliphatic rings. The van der Waals surface area contributed by atoms with Crippen LogP contribution in [-0.4, -0.2) is 27.7 Å². The minimum atomic E-state index is -0.380. The quantitative estimate of drug-likeness (QED) is 0.927. The Morgan fingerprint density at radius 2 is 2.16 bits per heavy atom. The van der Waals surface area contributed by atoms with Gasteiger partial charge in [0.2, 0.25) is 5.88 Å². The number of anilines is 1. The van der Waals surface area contributed by atoms with E-state index in [-0.39, 0.29) is 16.8 Å². The first kappa shape index (κ1) is 13.2. The molecule has 0 aromatic carbocycles. The zero-order valence-corrected chi connectivity index (χ0v) is 10.9. The Labute approximate surface area is 114 Å². The summed E-state index contributed by atoms with van der Waals surface area (Å²) in [5.74, 6) is 0.127. The Balaban J connectivity index is 2.04. The number of nitrogens with one attached hydrogen (secondary N) is 1. The van der Waals surface area contributed by atoms with Gasteiger partial charge in [-0.15, -0.1) is 10.2 Å². The molecule has 7 heteroatoms. The fraction of sp³-hybridized carbons (Fsp3) is 0.167. The van der Waals surface area contributed by atoms with Gasteiger partial charge < -0.3 is 10.1 Å². The highest BCUT2D eigenvalue weighted by molar-refractivity contribution is 6.29. The van der Waals surface area contributed by atoms with E-state index in [1.807, 2.05) is 6.92 Å². The Kier molecular flexibility index (Phi) is 4.25. The van der Waals surface area contributed by atoms with Gasteiger partial charge in [-0.3, -0.25) is 4.79 Å². The SMILES string of the molecule is CCOc1ccc(NC(=O)c2ccc(Cl)nn2)cn1. The molecule has 2 heterocycles. The van der Waals surface area contributed by atoms with Crippen LogP contribution in [-0.2, 0) is 0 Å². The molecule has 19 heavy (non-hydrogen) atoms. The van der Waals surface area contributed by atoms with Crippen LogP contribution in [0.25, 0.3) is 0 Å². The highest BCUT2D eigenvalue weighted by atomic mass is 35.5. The van der Waals surface area contributed by atoms with E-state index in [0.717, 1.165) is 0 Å². The molecule has 0 unspecified atom stereocenters. The second kappa shape index (κ2) is 6.10. The number of rotatable bonds is 4. The molecular weight excluding hydrogens is 268 g/mol. The molecule has 0 aliphatic carbocycles. The lowest BCUT2D eigenvalue weighted by Gasteiger charge is -2.05. The van der Waals surface area contributed by atoms with Gasteiger partial charge in [-0.2, -0.15) is 0 Å². The summed E-state index contributed by atoms with van der Waals surface area (Å²) in [5, 5.41) is 10.2. The topological polar surface area (TPSA) is 77.0 Å². The molecule has 2 aromatic heterocycles. The van der Waals surface area contributed by atoms with Crippen molar-refractivity contribution in [1.29, 1.82) is 0 Å². The van der Waals surface area contributed by atoms with Crippen molar-refractivity contribution in [2.24, 2.45) is 0 Å². The summed E-state index contributed by atoms with van der Waals surface area (Å²) in [4.78, 5) is 15.9. The standard InChI is InChI=1S/C12H11ClN4O2/c1-2-19-11-6-3-8(7-14-11)15-12(18)9-4-5-10(13)17-16-9/h3-7H,2H2,1H3,(H,15,18). The van der Waals surface area contributed by atoms with E-state index < -0.39 is 0 Å². The Morgan fingerprint density at radius 1 is 1.32 bits per heavy atom. The molecule has 0 aliphatic heterocycles. The largest absolute Gasteiger partial charge is 0.478 e. The number of pyridine rings is 1. The number of carbonyl (C=O) groups excluding carboxylic acids is 1. The monoisotopic (exact) mass is 278 g/mol. The fourth-order valence-corrected chi connectivity index (χ4v) is 1.42. The molecule has 0 saturated carbocycles. The zero-order chi connectivity index (χ0) is 13.7. The molecule has 2 aromatic rings.